The molecule has 4 rings (SSSR count). The predicted molar refractivity (Wildman–Crippen MR) is 134 cm³/mol. The number of likely N-dealkylation sites (tertiary alicyclic amines) is 1. The van der Waals surface area contributed by atoms with Gasteiger partial charge in [-0.3, -0.25) is 9.59 Å². The van der Waals surface area contributed by atoms with Crippen molar-refractivity contribution in [3.63, 3.8) is 0 Å². The van der Waals surface area contributed by atoms with Crippen molar-refractivity contribution < 1.29 is 19.1 Å². The van der Waals surface area contributed by atoms with Gasteiger partial charge in [0, 0.05) is 24.0 Å². The van der Waals surface area contributed by atoms with Gasteiger partial charge in [0.1, 0.15) is 0 Å². The van der Waals surface area contributed by atoms with Gasteiger partial charge < -0.3 is 24.6 Å². The second-order valence-electron chi connectivity index (χ2n) is 9.32. The Hall–Kier alpha value is -2.58. The lowest BCUT2D eigenvalue weighted by molar-refractivity contribution is -0.124. The summed E-state index contributed by atoms with van der Waals surface area (Å²) in [6.07, 6.45) is 3.41. The van der Waals surface area contributed by atoms with Crippen molar-refractivity contribution in [2.24, 2.45) is 5.92 Å². The molecule has 34 heavy (non-hydrogen) atoms. The summed E-state index contributed by atoms with van der Waals surface area (Å²) in [6, 6.07) is 7.05. The van der Waals surface area contributed by atoms with Gasteiger partial charge in [-0.25, -0.2) is 0 Å². The number of nitrogens with zero attached hydrogens (tertiary/aromatic N) is 2. The van der Waals surface area contributed by atoms with Crippen LogP contribution in [0.4, 0.5) is 0 Å². The number of thiophene rings is 1. The Morgan fingerprint density at radius 1 is 1.18 bits per heavy atom. The van der Waals surface area contributed by atoms with E-state index in [1.54, 1.807) is 49.6 Å². The maximum Gasteiger partial charge on any atom is 0.254 e. The summed E-state index contributed by atoms with van der Waals surface area (Å²) in [4.78, 5) is 32.1. The lowest BCUT2D eigenvalue weighted by Crippen LogP contribution is -2.45. The number of carbonyl (C=O) groups is 2. The summed E-state index contributed by atoms with van der Waals surface area (Å²) in [5.41, 5.74) is 1.16. The number of nitrogens with one attached hydrogen (secondary N) is 1. The number of amides is 2. The standard InChI is InChI=1S/C26H35N3O4S/c1-17-8-12-29(13-9-17)11-6-10-27-25(30)23-18-15-20(32-3)21(33-4)16-19(18)26(31)28(2)24(23)22-7-5-14-34-22/h5,7,14-17,23-24H,6,8-13H2,1-4H3,(H,27,30)/t23-,24+/m1/s1. The number of methoxy groups -OCH3 is 2. The minimum Gasteiger partial charge on any atom is -0.493 e. The van der Waals surface area contributed by atoms with Crippen molar-refractivity contribution in [2.45, 2.75) is 38.1 Å². The van der Waals surface area contributed by atoms with Gasteiger partial charge >= 0.3 is 0 Å². The van der Waals surface area contributed by atoms with Crippen LogP contribution in [0.25, 0.3) is 0 Å². The minimum atomic E-state index is -0.535. The van der Waals surface area contributed by atoms with E-state index >= 15 is 0 Å². The van der Waals surface area contributed by atoms with E-state index in [2.05, 4.69) is 17.1 Å². The van der Waals surface area contributed by atoms with E-state index in [1.807, 2.05) is 17.5 Å². The van der Waals surface area contributed by atoms with Gasteiger partial charge in [-0.2, -0.15) is 0 Å². The Balaban J connectivity index is 1.56. The highest BCUT2D eigenvalue weighted by atomic mass is 32.1. The van der Waals surface area contributed by atoms with Crippen molar-refractivity contribution >= 4 is 23.2 Å². The molecular formula is C26H35N3O4S. The monoisotopic (exact) mass is 485 g/mol. The number of piperidine rings is 1. The normalized spacial score (nSPS) is 21.3. The van der Waals surface area contributed by atoms with Crippen LogP contribution in [0, 0.1) is 5.92 Å². The van der Waals surface area contributed by atoms with Crippen LogP contribution in [0.3, 0.4) is 0 Å². The van der Waals surface area contributed by atoms with Crippen molar-refractivity contribution in [1.29, 1.82) is 0 Å². The number of hydrogen-bond donors (Lipinski definition) is 1. The van der Waals surface area contributed by atoms with Crippen LogP contribution in [-0.2, 0) is 4.79 Å². The predicted octanol–water partition coefficient (Wildman–Crippen LogP) is 3.91. The summed E-state index contributed by atoms with van der Waals surface area (Å²) >= 11 is 1.56. The average molecular weight is 486 g/mol. The lowest BCUT2D eigenvalue weighted by atomic mass is 9.81. The first kappa shape index (κ1) is 24.5. The Bertz CT molecular complexity index is 1000. The molecule has 1 fully saturated rings. The van der Waals surface area contributed by atoms with Crippen molar-refractivity contribution in [1.82, 2.24) is 15.1 Å². The van der Waals surface area contributed by atoms with Gasteiger partial charge in [-0.05, 0) is 74.0 Å². The minimum absolute atomic E-state index is 0.0708. The molecule has 0 saturated carbocycles. The molecule has 1 saturated heterocycles. The molecule has 8 heteroatoms. The van der Waals surface area contributed by atoms with Gasteiger partial charge in [-0.1, -0.05) is 13.0 Å². The van der Waals surface area contributed by atoms with Gasteiger partial charge in [0.05, 0.1) is 26.2 Å². The molecule has 3 heterocycles. The molecule has 2 aromatic rings. The average Bonchev–Trinajstić information content (AvgIpc) is 3.38. The van der Waals surface area contributed by atoms with Crippen molar-refractivity contribution in [2.75, 3.05) is 47.4 Å². The highest BCUT2D eigenvalue weighted by molar-refractivity contribution is 7.10. The van der Waals surface area contributed by atoms with Gasteiger partial charge in [0.15, 0.2) is 11.5 Å². The molecule has 7 nitrogen and oxygen atoms in total. The highest BCUT2D eigenvalue weighted by Crippen LogP contribution is 2.46. The smallest absolute Gasteiger partial charge is 0.254 e. The third-order valence-corrected chi connectivity index (χ3v) is 8.06. The topological polar surface area (TPSA) is 71.1 Å². The highest BCUT2D eigenvalue weighted by Gasteiger charge is 2.44. The molecule has 2 aliphatic rings. The van der Waals surface area contributed by atoms with Gasteiger partial charge in [0.2, 0.25) is 5.91 Å². The number of carbonyl (C=O) groups excluding carboxylic acids is 2. The maximum atomic E-state index is 13.6. The summed E-state index contributed by atoms with van der Waals surface area (Å²) in [5, 5.41) is 5.14. The number of ether oxygens (including phenoxy) is 2. The van der Waals surface area contributed by atoms with E-state index in [9.17, 15) is 9.59 Å². The maximum absolute atomic E-state index is 13.6. The van der Waals surface area contributed by atoms with E-state index in [0.29, 0.717) is 29.2 Å². The van der Waals surface area contributed by atoms with Crippen LogP contribution in [0.2, 0.25) is 0 Å². The lowest BCUT2D eigenvalue weighted by Gasteiger charge is -2.39. The fourth-order valence-corrected chi connectivity index (χ4v) is 5.96. The molecular weight excluding hydrogens is 450 g/mol. The first-order chi connectivity index (χ1) is 16.4. The summed E-state index contributed by atoms with van der Waals surface area (Å²) in [6.45, 7) is 6.20. The Kier molecular flexibility index (Phi) is 7.78. The Morgan fingerprint density at radius 3 is 2.53 bits per heavy atom. The number of hydrogen-bond acceptors (Lipinski definition) is 6. The number of benzene rings is 1. The van der Waals surface area contributed by atoms with E-state index in [1.165, 1.54) is 12.8 Å². The molecule has 1 N–H and O–H groups in total. The Labute approximate surface area is 206 Å². The molecule has 1 aromatic heterocycles. The first-order valence-corrected chi connectivity index (χ1v) is 12.9. The molecule has 0 aliphatic carbocycles. The summed E-state index contributed by atoms with van der Waals surface area (Å²) in [5.74, 6) is 1.07. The molecule has 1 aromatic carbocycles. The van der Waals surface area contributed by atoms with Crippen LogP contribution >= 0.6 is 11.3 Å². The molecule has 2 aliphatic heterocycles. The van der Waals surface area contributed by atoms with Crippen LogP contribution in [0.5, 0.6) is 11.5 Å². The SMILES string of the molecule is COc1cc2c(cc1OC)[C@@H](C(=O)NCCCN1CCC(C)CC1)[C@H](c1cccs1)N(C)C2=O. The molecule has 184 valence electrons. The quantitative estimate of drug-likeness (QED) is 0.574. The van der Waals surface area contributed by atoms with Crippen LogP contribution in [-0.4, -0.2) is 69.1 Å². The van der Waals surface area contributed by atoms with E-state index in [0.717, 1.165) is 36.9 Å². The molecule has 0 bridgehead atoms. The zero-order valence-corrected chi connectivity index (χ0v) is 21.3. The van der Waals surface area contributed by atoms with Crippen LogP contribution < -0.4 is 14.8 Å². The van der Waals surface area contributed by atoms with Crippen LogP contribution in [0.15, 0.2) is 29.6 Å². The van der Waals surface area contributed by atoms with Gasteiger partial charge in [-0.15, -0.1) is 11.3 Å². The largest absolute Gasteiger partial charge is 0.493 e. The van der Waals surface area contributed by atoms with Crippen molar-refractivity contribution in [3.05, 3.63) is 45.6 Å². The summed E-state index contributed by atoms with van der Waals surface area (Å²) in [7, 11) is 4.88. The zero-order valence-electron chi connectivity index (χ0n) is 20.5. The zero-order chi connectivity index (χ0) is 24.2. The fourth-order valence-electron chi connectivity index (χ4n) is 5.06. The molecule has 2 atom stereocenters. The van der Waals surface area contributed by atoms with E-state index in [-0.39, 0.29) is 17.9 Å². The fraction of sp³-hybridized carbons (Fsp3) is 0.538. The van der Waals surface area contributed by atoms with Gasteiger partial charge in [0.25, 0.3) is 5.91 Å². The second-order valence-corrected chi connectivity index (χ2v) is 10.3. The second kappa shape index (κ2) is 10.8. The van der Waals surface area contributed by atoms with E-state index < -0.39 is 5.92 Å². The Morgan fingerprint density at radius 2 is 1.88 bits per heavy atom. The van der Waals surface area contributed by atoms with Crippen molar-refractivity contribution in [3.8, 4) is 11.5 Å². The third-order valence-electron chi connectivity index (χ3n) is 7.12. The third kappa shape index (κ3) is 4.93. The molecule has 2 amide bonds. The number of fused-ring (bicyclic) bond motifs is 1. The number of rotatable bonds is 8. The first-order valence-electron chi connectivity index (χ1n) is 12.0. The van der Waals surface area contributed by atoms with E-state index in [4.69, 9.17) is 9.47 Å². The van der Waals surface area contributed by atoms with Crippen LogP contribution in [0.1, 0.15) is 58.9 Å². The molecule has 0 unspecified atom stereocenters. The summed E-state index contributed by atoms with van der Waals surface area (Å²) < 4.78 is 10.9. The molecule has 0 radical (unpaired) electrons. The molecule has 0 spiro atoms. The number of likely N-dealkylation sites (N-methyl/N-ethyl adjacent to an activating group) is 1.